The molecule has 1 aromatic rings. The fourth-order valence-corrected chi connectivity index (χ4v) is 1.56. The highest BCUT2D eigenvalue weighted by atomic mass is 16.5. The summed E-state index contributed by atoms with van der Waals surface area (Å²) in [6.45, 7) is -0.135. The predicted octanol–water partition coefficient (Wildman–Crippen LogP) is 0.469. The number of ether oxygens (including phenoxy) is 2. The van der Waals surface area contributed by atoms with E-state index in [0.717, 1.165) is 18.6 Å². The van der Waals surface area contributed by atoms with Crippen LogP contribution in [0.1, 0.15) is 12.8 Å². The van der Waals surface area contributed by atoms with Gasteiger partial charge in [-0.05, 0) is 37.1 Å². The van der Waals surface area contributed by atoms with Gasteiger partial charge in [0.25, 0.3) is 5.91 Å². The van der Waals surface area contributed by atoms with Crippen LogP contribution in [0.25, 0.3) is 0 Å². The van der Waals surface area contributed by atoms with E-state index < -0.39 is 0 Å². The summed E-state index contributed by atoms with van der Waals surface area (Å²) in [7, 11) is 1.58. The van der Waals surface area contributed by atoms with Crippen LogP contribution in [0.4, 0.5) is 0 Å². The average molecular weight is 278 g/mol. The molecule has 6 heteroatoms. The summed E-state index contributed by atoms with van der Waals surface area (Å²) in [5.74, 6) is 0.805. The van der Waals surface area contributed by atoms with Crippen LogP contribution in [0, 0.1) is 0 Å². The Balaban J connectivity index is 1.64. The predicted molar refractivity (Wildman–Crippen MR) is 72.7 cm³/mol. The molecule has 20 heavy (non-hydrogen) atoms. The summed E-state index contributed by atoms with van der Waals surface area (Å²) in [5, 5.41) is 5.30. The summed E-state index contributed by atoms with van der Waals surface area (Å²) in [5.41, 5.74) is 0. The minimum Gasteiger partial charge on any atom is -0.497 e. The van der Waals surface area contributed by atoms with Gasteiger partial charge in [0.1, 0.15) is 11.5 Å². The molecule has 6 nitrogen and oxygen atoms in total. The van der Waals surface area contributed by atoms with Gasteiger partial charge in [0, 0.05) is 6.04 Å². The first-order chi connectivity index (χ1) is 9.67. The summed E-state index contributed by atoms with van der Waals surface area (Å²) in [4.78, 5) is 22.9. The van der Waals surface area contributed by atoms with E-state index in [2.05, 4.69) is 10.6 Å². The fourth-order valence-electron chi connectivity index (χ4n) is 1.56. The van der Waals surface area contributed by atoms with E-state index in [4.69, 9.17) is 9.47 Å². The van der Waals surface area contributed by atoms with E-state index in [9.17, 15) is 9.59 Å². The molecule has 0 spiro atoms. The third-order valence-electron chi connectivity index (χ3n) is 2.82. The molecular weight excluding hydrogens is 260 g/mol. The van der Waals surface area contributed by atoms with Crippen LogP contribution >= 0.6 is 0 Å². The Morgan fingerprint density at radius 1 is 1.15 bits per heavy atom. The number of carbonyl (C=O) groups is 2. The van der Waals surface area contributed by atoms with Crippen molar-refractivity contribution in [1.29, 1.82) is 0 Å². The molecule has 0 aliphatic heterocycles. The molecular formula is C14H18N2O4. The normalized spacial score (nSPS) is 13.4. The van der Waals surface area contributed by atoms with Crippen LogP contribution in [0.5, 0.6) is 11.5 Å². The van der Waals surface area contributed by atoms with E-state index in [1.165, 1.54) is 0 Å². The zero-order valence-corrected chi connectivity index (χ0v) is 11.3. The zero-order chi connectivity index (χ0) is 14.4. The first kappa shape index (κ1) is 14.2. The molecule has 2 N–H and O–H groups in total. The molecule has 0 atom stereocenters. The first-order valence-electron chi connectivity index (χ1n) is 6.50. The molecule has 2 rings (SSSR count). The molecule has 0 heterocycles. The van der Waals surface area contributed by atoms with Gasteiger partial charge in [-0.1, -0.05) is 0 Å². The third-order valence-corrected chi connectivity index (χ3v) is 2.82. The lowest BCUT2D eigenvalue weighted by Crippen LogP contribution is -2.39. The number of hydrogen-bond donors (Lipinski definition) is 2. The lowest BCUT2D eigenvalue weighted by Gasteiger charge is -2.08. The molecule has 1 aliphatic carbocycles. The topological polar surface area (TPSA) is 76.7 Å². The Bertz CT molecular complexity index is 469. The van der Waals surface area contributed by atoms with Crippen LogP contribution in [-0.4, -0.2) is 38.1 Å². The van der Waals surface area contributed by atoms with Crippen LogP contribution in [-0.2, 0) is 9.59 Å². The molecule has 0 aromatic heterocycles. The second-order valence-electron chi connectivity index (χ2n) is 4.58. The van der Waals surface area contributed by atoms with Gasteiger partial charge in [0.05, 0.1) is 13.7 Å². The van der Waals surface area contributed by atoms with E-state index in [1.54, 1.807) is 31.4 Å². The number of benzene rings is 1. The van der Waals surface area contributed by atoms with Crippen molar-refractivity contribution in [3.05, 3.63) is 24.3 Å². The molecule has 2 amide bonds. The highest BCUT2D eigenvalue weighted by molar-refractivity contribution is 5.85. The third kappa shape index (κ3) is 4.79. The molecule has 1 saturated carbocycles. The van der Waals surface area contributed by atoms with Crippen molar-refractivity contribution in [3.63, 3.8) is 0 Å². The van der Waals surface area contributed by atoms with Crippen molar-refractivity contribution in [1.82, 2.24) is 10.6 Å². The van der Waals surface area contributed by atoms with E-state index in [-0.39, 0.29) is 25.0 Å². The maximum atomic E-state index is 11.5. The van der Waals surface area contributed by atoms with Gasteiger partial charge in [-0.25, -0.2) is 0 Å². The van der Waals surface area contributed by atoms with Gasteiger partial charge in [-0.3, -0.25) is 9.59 Å². The van der Waals surface area contributed by atoms with Crippen LogP contribution in [0.2, 0.25) is 0 Å². The molecule has 0 radical (unpaired) electrons. The second kappa shape index (κ2) is 6.79. The molecule has 1 aromatic carbocycles. The van der Waals surface area contributed by atoms with E-state index >= 15 is 0 Å². The quantitative estimate of drug-likeness (QED) is 0.760. The Kier molecular flexibility index (Phi) is 4.81. The van der Waals surface area contributed by atoms with Crippen molar-refractivity contribution in [2.45, 2.75) is 18.9 Å². The minimum absolute atomic E-state index is 0.0126. The Morgan fingerprint density at radius 2 is 1.80 bits per heavy atom. The van der Waals surface area contributed by atoms with Gasteiger partial charge in [0.2, 0.25) is 5.91 Å². The van der Waals surface area contributed by atoms with Crippen molar-refractivity contribution < 1.29 is 19.1 Å². The number of rotatable bonds is 7. The van der Waals surface area contributed by atoms with Gasteiger partial charge in [-0.15, -0.1) is 0 Å². The number of nitrogens with one attached hydrogen (secondary N) is 2. The number of hydrogen-bond acceptors (Lipinski definition) is 4. The molecule has 1 fully saturated rings. The molecule has 0 saturated heterocycles. The highest BCUT2D eigenvalue weighted by Gasteiger charge is 2.23. The van der Waals surface area contributed by atoms with Crippen LogP contribution in [0.15, 0.2) is 24.3 Å². The molecule has 1 aliphatic rings. The fraction of sp³-hybridized carbons (Fsp3) is 0.429. The van der Waals surface area contributed by atoms with Crippen LogP contribution < -0.4 is 20.1 Å². The van der Waals surface area contributed by atoms with Gasteiger partial charge in [-0.2, -0.15) is 0 Å². The first-order valence-corrected chi connectivity index (χ1v) is 6.50. The highest BCUT2D eigenvalue weighted by Crippen LogP contribution is 2.18. The Labute approximate surface area is 117 Å². The number of carbonyl (C=O) groups excluding carboxylic acids is 2. The summed E-state index contributed by atoms with van der Waals surface area (Å²) in [6.07, 6.45) is 2.06. The monoisotopic (exact) mass is 278 g/mol. The van der Waals surface area contributed by atoms with Gasteiger partial charge >= 0.3 is 0 Å². The maximum Gasteiger partial charge on any atom is 0.258 e. The minimum atomic E-state index is -0.327. The Hall–Kier alpha value is -2.24. The largest absolute Gasteiger partial charge is 0.497 e. The lowest BCUT2D eigenvalue weighted by molar-refractivity contribution is -0.127. The van der Waals surface area contributed by atoms with E-state index in [0.29, 0.717) is 11.8 Å². The number of methoxy groups -OCH3 is 1. The smallest absolute Gasteiger partial charge is 0.258 e. The van der Waals surface area contributed by atoms with Crippen molar-refractivity contribution in [2.75, 3.05) is 20.3 Å². The van der Waals surface area contributed by atoms with Gasteiger partial charge in [0.15, 0.2) is 6.61 Å². The van der Waals surface area contributed by atoms with Gasteiger partial charge < -0.3 is 20.1 Å². The molecule has 108 valence electrons. The zero-order valence-electron chi connectivity index (χ0n) is 11.3. The lowest BCUT2D eigenvalue weighted by atomic mass is 10.3. The number of amides is 2. The second-order valence-corrected chi connectivity index (χ2v) is 4.58. The van der Waals surface area contributed by atoms with Crippen LogP contribution in [0.3, 0.4) is 0 Å². The van der Waals surface area contributed by atoms with Crippen molar-refractivity contribution in [2.24, 2.45) is 0 Å². The van der Waals surface area contributed by atoms with Crippen molar-refractivity contribution in [3.8, 4) is 11.5 Å². The maximum absolute atomic E-state index is 11.5. The Morgan fingerprint density at radius 3 is 2.40 bits per heavy atom. The molecule has 0 bridgehead atoms. The average Bonchev–Trinajstić information content (AvgIpc) is 3.27. The summed E-state index contributed by atoms with van der Waals surface area (Å²) < 4.78 is 10.3. The van der Waals surface area contributed by atoms with E-state index in [1.807, 2.05) is 0 Å². The summed E-state index contributed by atoms with van der Waals surface area (Å²) >= 11 is 0. The summed E-state index contributed by atoms with van der Waals surface area (Å²) in [6, 6.07) is 7.22. The SMILES string of the molecule is COc1ccc(OCC(=O)NCC(=O)NC2CC2)cc1. The standard InChI is InChI=1S/C14H18N2O4/c1-19-11-4-6-12(7-5-11)20-9-14(18)15-8-13(17)16-10-2-3-10/h4-7,10H,2-3,8-9H2,1H3,(H,15,18)(H,16,17). The van der Waals surface area contributed by atoms with Crippen molar-refractivity contribution >= 4 is 11.8 Å². The molecule has 0 unspecified atom stereocenters.